The average Bonchev–Trinajstić information content (AvgIpc) is 2.46. The lowest BCUT2D eigenvalue weighted by Gasteiger charge is -2.26. The second kappa shape index (κ2) is 6.13. The topological polar surface area (TPSA) is 29.1 Å². The fourth-order valence-electron chi connectivity index (χ4n) is 2.68. The molecule has 1 fully saturated rings. The highest BCUT2D eigenvalue weighted by atomic mass is 16.1. The van der Waals surface area contributed by atoms with Gasteiger partial charge in [-0.05, 0) is 36.5 Å². The molecule has 3 rings (SSSR count). The largest absolute Gasteiger partial charge is 0.349 e. The lowest BCUT2D eigenvalue weighted by Crippen LogP contribution is -2.35. The van der Waals surface area contributed by atoms with E-state index in [0.29, 0.717) is 0 Å². The van der Waals surface area contributed by atoms with Gasteiger partial charge >= 0.3 is 0 Å². The van der Waals surface area contributed by atoms with Gasteiger partial charge in [-0.15, -0.1) is 0 Å². The zero-order chi connectivity index (χ0) is 14.7. The molecule has 108 valence electrons. The van der Waals surface area contributed by atoms with Gasteiger partial charge < -0.3 is 5.32 Å². The van der Waals surface area contributed by atoms with Crippen LogP contribution in [0.1, 0.15) is 37.8 Å². The summed E-state index contributed by atoms with van der Waals surface area (Å²) >= 11 is 0. The van der Waals surface area contributed by atoms with E-state index in [2.05, 4.69) is 41.7 Å². The number of rotatable bonds is 4. The summed E-state index contributed by atoms with van der Waals surface area (Å²) in [6, 6.07) is 18.9. The third-order valence-electron chi connectivity index (χ3n) is 4.35. The van der Waals surface area contributed by atoms with Crippen LogP contribution in [0.25, 0.3) is 11.1 Å². The summed E-state index contributed by atoms with van der Waals surface area (Å²) in [5, 5.41) is 3.12. The van der Waals surface area contributed by atoms with Gasteiger partial charge in [-0.3, -0.25) is 4.79 Å². The fourth-order valence-corrected chi connectivity index (χ4v) is 2.68. The van der Waals surface area contributed by atoms with Gasteiger partial charge in [-0.25, -0.2) is 0 Å². The molecule has 1 N–H and O–H groups in total. The van der Waals surface area contributed by atoms with Crippen LogP contribution in [-0.2, 0) is 4.79 Å². The minimum atomic E-state index is 0.0722. The monoisotopic (exact) mass is 279 g/mol. The summed E-state index contributed by atoms with van der Waals surface area (Å²) in [5.74, 6) is 0.455. The van der Waals surface area contributed by atoms with Crippen molar-refractivity contribution in [2.24, 2.45) is 5.92 Å². The highest BCUT2D eigenvalue weighted by Gasteiger charge is 2.26. The predicted molar refractivity (Wildman–Crippen MR) is 85.8 cm³/mol. The maximum atomic E-state index is 12.0. The van der Waals surface area contributed by atoms with Gasteiger partial charge in [0.05, 0.1) is 6.04 Å². The van der Waals surface area contributed by atoms with Crippen molar-refractivity contribution in [3.8, 4) is 11.1 Å². The highest BCUT2D eigenvalue weighted by Crippen LogP contribution is 2.27. The maximum absolute atomic E-state index is 12.0. The van der Waals surface area contributed by atoms with Crippen molar-refractivity contribution in [3.05, 3.63) is 60.2 Å². The number of nitrogens with one attached hydrogen (secondary N) is 1. The number of carbonyl (C=O) groups is 1. The molecule has 0 heterocycles. The molecule has 2 aromatic carbocycles. The predicted octanol–water partition coefficient (Wildman–Crippen LogP) is 4.33. The summed E-state index contributed by atoms with van der Waals surface area (Å²) in [5.41, 5.74) is 3.58. The number of hydrogen-bond acceptors (Lipinski definition) is 1. The Balaban J connectivity index is 1.67. The first-order chi connectivity index (χ1) is 10.2. The van der Waals surface area contributed by atoms with Crippen LogP contribution >= 0.6 is 0 Å². The maximum Gasteiger partial charge on any atom is 0.223 e. The normalized spacial score (nSPS) is 16.0. The van der Waals surface area contributed by atoms with E-state index in [1.807, 2.05) is 25.1 Å². The van der Waals surface area contributed by atoms with Gasteiger partial charge in [0.15, 0.2) is 0 Å². The highest BCUT2D eigenvalue weighted by molar-refractivity contribution is 5.79. The Labute approximate surface area is 126 Å². The van der Waals surface area contributed by atoms with Crippen molar-refractivity contribution in [1.82, 2.24) is 5.32 Å². The van der Waals surface area contributed by atoms with E-state index in [1.165, 1.54) is 17.5 Å². The van der Waals surface area contributed by atoms with Crippen LogP contribution in [0.4, 0.5) is 0 Å². The zero-order valence-electron chi connectivity index (χ0n) is 12.4. The van der Waals surface area contributed by atoms with E-state index in [4.69, 9.17) is 0 Å². The standard InChI is InChI=1S/C19H21NO/c1-14(20-19(21)18-8-5-9-18)15-10-12-17(13-11-15)16-6-3-2-4-7-16/h2-4,6-7,10-14,18H,5,8-9H2,1H3,(H,20,21)/t14-/m1/s1. The van der Waals surface area contributed by atoms with Crippen LogP contribution in [0.15, 0.2) is 54.6 Å². The molecule has 0 saturated heterocycles. The van der Waals surface area contributed by atoms with Crippen molar-refractivity contribution in [2.75, 3.05) is 0 Å². The van der Waals surface area contributed by atoms with Gasteiger partial charge in [-0.1, -0.05) is 61.0 Å². The molecule has 0 aliphatic heterocycles. The SMILES string of the molecule is C[C@@H](NC(=O)C1CCC1)c1ccc(-c2ccccc2)cc1. The second-order valence-corrected chi connectivity index (χ2v) is 5.85. The Morgan fingerprint density at radius 2 is 1.62 bits per heavy atom. The molecule has 0 aromatic heterocycles. The summed E-state index contributed by atoms with van der Waals surface area (Å²) in [7, 11) is 0. The molecule has 1 saturated carbocycles. The minimum absolute atomic E-state index is 0.0722. The Bertz CT molecular complexity index is 599. The van der Waals surface area contributed by atoms with E-state index >= 15 is 0 Å². The number of benzene rings is 2. The Hall–Kier alpha value is -2.09. The van der Waals surface area contributed by atoms with E-state index < -0.39 is 0 Å². The van der Waals surface area contributed by atoms with Gasteiger partial charge in [0.25, 0.3) is 0 Å². The smallest absolute Gasteiger partial charge is 0.223 e. The van der Waals surface area contributed by atoms with E-state index in [-0.39, 0.29) is 17.9 Å². The van der Waals surface area contributed by atoms with Crippen LogP contribution in [0.5, 0.6) is 0 Å². The van der Waals surface area contributed by atoms with Crippen molar-refractivity contribution < 1.29 is 4.79 Å². The quantitative estimate of drug-likeness (QED) is 0.886. The number of hydrogen-bond donors (Lipinski definition) is 1. The Kier molecular flexibility index (Phi) is 4.05. The molecular formula is C19H21NO. The molecule has 0 radical (unpaired) electrons. The van der Waals surface area contributed by atoms with E-state index in [9.17, 15) is 4.79 Å². The van der Waals surface area contributed by atoms with E-state index in [0.717, 1.165) is 18.4 Å². The lowest BCUT2D eigenvalue weighted by molar-refractivity contribution is -0.128. The van der Waals surface area contributed by atoms with Crippen LogP contribution in [0.2, 0.25) is 0 Å². The van der Waals surface area contributed by atoms with Crippen molar-refractivity contribution in [1.29, 1.82) is 0 Å². The zero-order valence-corrected chi connectivity index (χ0v) is 12.4. The molecule has 1 aliphatic carbocycles. The van der Waals surface area contributed by atoms with Gasteiger partial charge in [-0.2, -0.15) is 0 Å². The molecule has 0 spiro atoms. The third kappa shape index (κ3) is 3.15. The molecule has 1 amide bonds. The van der Waals surface area contributed by atoms with Crippen LogP contribution in [0.3, 0.4) is 0 Å². The van der Waals surface area contributed by atoms with E-state index in [1.54, 1.807) is 0 Å². The molecule has 21 heavy (non-hydrogen) atoms. The van der Waals surface area contributed by atoms with Crippen LogP contribution in [0, 0.1) is 5.92 Å². The van der Waals surface area contributed by atoms with Crippen molar-refractivity contribution >= 4 is 5.91 Å². The molecule has 2 nitrogen and oxygen atoms in total. The summed E-state index contributed by atoms with van der Waals surface area (Å²) < 4.78 is 0. The molecule has 2 heteroatoms. The third-order valence-corrected chi connectivity index (χ3v) is 4.35. The minimum Gasteiger partial charge on any atom is -0.349 e. The molecule has 1 aliphatic rings. The number of carbonyl (C=O) groups excluding carboxylic acids is 1. The molecular weight excluding hydrogens is 258 g/mol. The summed E-state index contributed by atoms with van der Waals surface area (Å²) in [6.45, 7) is 2.05. The molecule has 1 atom stereocenters. The van der Waals surface area contributed by atoms with Gasteiger partial charge in [0.2, 0.25) is 5.91 Å². The molecule has 0 unspecified atom stereocenters. The fraction of sp³-hybridized carbons (Fsp3) is 0.316. The first kappa shape index (κ1) is 13.9. The Morgan fingerprint density at radius 3 is 2.19 bits per heavy atom. The van der Waals surface area contributed by atoms with Crippen LogP contribution in [-0.4, -0.2) is 5.91 Å². The van der Waals surface area contributed by atoms with Crippen LogP contribution < -0.4 is 5.32 Å². The first-order valence-corrected chi connectivity index (χ1v) is 7.70. The average molecular weight is 279 g/mol. The van der Waals surface area contributed by atoms with Crippen molar-refractivity contribution in [3.63, 3.8) is 0 Å². The molecule has 2 aromatic rings. The molecule has 0 bridgehead atoms. The summed E-state index contributed by atoms with van der Waals surface area (Å²) in [4.78, 5) is 12.0. The Morgan fingerprint density at radius 1 is 1.00 bits per heavy atom. The van der Waals surface area contributed by atoms with Crippen molar-refractivity contribution in [2.45, 2.75) is 32.2 Å². The number of amides is 1. The van der Waals surface area contributed by atoms with Gasteiger partial charge in [0, 0.05) is 5.92 Å². The first-order valence-electron chi connectivity index (χ1n) is 7.70. The lowest BCUT2D eigenvalue weighted by atomic mass is 9.84. The summed E-state index contributed by atoms with van der Waals surface area (Å²) in [6.07, 6.45) is 3.29. The second-order valence-electron chi connectivity index (χ2n) is 5.85. The van der Waals surface area contributed by atoms with Gasteiger partial charge in [0.1, 0.15) is 0 Å².